The van der Waals surface area contributed by atoms with Crippen molar-refractivity contribution in [2.24, 2.45) is 0 Å². The van der Waals surface area contributed by atoms with Crippen LogP contribution in [0.1, 0.15) is 60.8 Å². The van der Waals surface area contributed by atoms with Crippen molar-refractivity contribution in [2.45, 2.75) is 65.7 Å². The fourth-order valence-electron chi connectivity index (χ4n) is 2.41. The Morgan fingerprint density at radius 2 is 1.53 bits per heavy atom. The molecule has 0 aliphatic carbocycles. The van der Waals surface area contributed by atoms with Crippen LogP contribution >= 0.6 is 0 Å². The largest absolute Gasteiger partial charge is 0.0561 e. The molecule has 0 saturated heterocycles. The Balaban J connectivity index is 2.36. The number of aryl methyl sites for hydroxylation is 3. The first kappa shape index (κ1) is 14.3. The highest BCUT2D eigenvalue weighted by Gasteiger charge is 2.02. The van der Waals surface area contributed by atoms with Crippen molar-refractivity contribution in [3.63, 3.8) is 0 Å². The lowest BCUT2D eigenvalue weighted by Crippen LogP contribution is -1.94. The first-order chi connectivity index (χ1) is 8.15. The summed E-state index contributed by atoms with van der Waals surface area (Å²) in [6, 6.07) is 4.64. The molecule has 0 aliphatic heterocycles. The summed E-state index contributed by atoms with van der Waals surface area (Å²) in [4.78, 5) is 0. The van der Waals surface area contributed by atoms with Crippen molar-refractivity contribution in [3.05, 3.63) is 41.3 Å². The van der Waals surface area contributed by atoms with E-state index in [2.05, 4.69) is 39.8 Å². The van der Waals surface area contributed by atoms with Gasteiger partial charge in [0.1, 0.15) is 0 Å². The molecule has 0 amide bonds. The molecule has 0 aliphatic rings. The summed E-state index contributed by atoms with van der Waals surface area (Å²) in [6.07, 6.45) is 9.07. The summed E-state index contributed by atoms with van der Waals surface area (Å²) in [6.45, 7) is 10.6. The van der Waals surface area contributed by atoms with Crippen LogP contribution in [0, 0.1) is 27.7 Å². The molecule has 0 saturated carbocycles. The van der Waals surface area contributed by atoms with Gasteiger partial charge in [0.05, 0.1) is 0 Å². The molecule has 0 unspecified atom stereocenters. The summed E-state index contributed by atoms with van der Waals surface area (Å²) < 4.78 is 0. The highest BCUT2D eigenvalue weighted by Crippen LogP contribution is 2.18. The van der Waals surface area contributed by atoms with E-state index in [-0.39, 0.29) is 0 Å². The standard InChI is InChI=1S/C17H27/c1-5-6-7-8-9-10-11-17-13-14(2)12-15(3)16(17)4/h12-13H,1,5-11H2,2-4H3. The van der Waals surface area contributed by atoms with Crippen LogP contribution in [0.3, 0.4) is 0 Å². The van der Waals surface area contributed by atoms with Gasteiger partial charge in [-0.2, -0.15) is 0 Å². The maximum Gasteiger partial charge on any atom is -0.0276 e. The lowest BCUT2D eigenvalue weighted by molar-refractivity contribution is 0.616. The first-order valence-corrected chi connectivity index (χ1v) is 7.01. The van der Waals surface area contributed by atoms with Crippen LogP contribution in [0.15, 0.2) is 12.1 Å². The molecule has 1 aromatic rings. The maximum atomic E-state index is 3.88. The molecule has 0 spiro atoms. The first-order valence-electron chi connectivity index (χ1n) is 7.01. The summed E-state index contributed by atoms with van der Waals surface area (Å²) in [7, 11) is 0. The van der Waals surface area contributed by atoms with Crippen molar-refractivity contribution in [2.75, 3.05) is 0 Å². The van der Waals surface area contributed by atoms with E-state index in [0.717, 1.165) is 6.42 Å². The summed E-state index contributed by atoms with van der Waals surface area (Å²) in [5.74, 6) is 0. The number of benzene rings is 1. The van der Waals surface area contributed by atoms with Crippen LogP contribution in [0.25, 0.3) is 0 Å². The van der Waals surface area contributed by atoms with Gasteiger partial charge in [-0.1, -0.05) is 56.7 Å². The predicted molar refractivity (Wildman–Crippen MR) is 77.4 cm³/mol. The fraction of sp³-hybridized carbons (Fsp3) is 0.588. The molecule has 17 heavy (non-hydrogen) atoms. The second-order valence-electron chi connectivity index (χ2n) is 5.24. The summed E-state index contributed by atoms with van der Waals surface area (Å²) >= 11 is 0. The molecule has 0 nitrogen and oxygen atoms in total. The molecule has 1 radical (unpaired) electrons. The number of unbranched alkanes of at least 4 members (excludes halogenated alkanes) is 5. The molecule has 1 aromatic carbocycles. The highest BCUT2D eigenvalue weighted by molar-refractivity contribution is 5.37. The van der Waals surface area contributed by atoms with Crippen molar-refractivity contribution < 1.29 is 0 Å². The van der Waals surface area contributed by atoms with Gasteiger partial charge in [-0.3, -0.25) is 0 Å². The SMILES string of the molecule is [CH2]CCCCCCCc1cc(C)cc(C)c1C. The number of hydrogen-bond donors (Lipinski definition) is 0. The van der Waals surface area contributed by atoms with E-state index >= 15 is 0 Å². The van der Waals surface area contributed by atoms with Gasteiger partial charge in [0.15, 0.2) is 0 Å². The van der Waals surface area contributed by atoms with Crippen LogP contribution in [0.2, 0.25) is 0 Å². The lowest BCUT2D eigenvalue weighted by atomic mass is 9.96. The molecule has 0 heteroatoms. The van der Waals surface area contributed by atoms with Crippen LogP contribution in [0.4, 0.5) is 0 Å². The Labute approximate surface area is 107 Å². The van der Waals surface area contributed by atoms with Gasteiger partial charge in [-0.15, -0.1) is 0 Å². The minimum atomic E-state index is 1.09. The van der Waals surface area contributed by atoms with Crippen LogP contribution < -0.4 is 0 Å². The Morgan fingerprint density at radius 3 is 2.24 bits per heavy atom. The monoisotopic (exact) mass is 231 g/mol. The Hall–Kier alpha value is -0.780. The number of rotatable bonds is 7. The highest BCUT2D eigenvalue weighted by atomic mass is 14.1. The van der Waals surface area contributed by atoms with Gasteiger partial charge in [0.25, 0.3) is 0 Å². The van der Waals surface area contributed by atoms with Gasteiger partial charge in [-0.25, -0.2) is 0 Å². The Morgan fingerprint density at radius 1 is 0.882 bits per heavy atom. The van der Waals surface area contributed by atoms with Gasteiger partial charge >= 0.3 is 0 Å². The molecule has 0 heterocycles. The predicted octanol–water partition coefficient (Wildman–Crippen LogP) is 5.33. The number of hydrogen-bond acceptors (Lipinski definition) is 0. The normalized spacial score (nSPS) is 10.8. The van der Waals surface area contributed by atoms with Crippen molar-refractivity contribution in [1.82, 2.24) is 0 Å². The molecule has 0 bridgehead atoms. The molecule has 0 N–H and O–H groups in total. The van der Waals surface area contributed by atoms with Crippen molar-refractivity contribution in [1.29, 1.82) is 0 Å². The van der Waals surface area contributed by atoms with E-state index in [9.17, 15) is 0 Å². The lowest BCUT2D eigenvalue weighted by Gasteiger charge is -2.10. The molecule has 1 rings (SSSR count). The van der Waals surface area contributed by atoms with E-state index in [1.54, 1.807) is 5.56 Å². The van der Waals surface area contributed by atoms with Gasteiger partial charge < -0.3 is 0 Å². The van der Waals surface area contributed by atoms with E-state index in [1.807, 2.05) is 0 Å². The van der Waals surface area contributed by atoms with Gasteiger partial charge in [0, 0.05) is 0 Å². The van der Waals surface area contributed by atoms with Crippen molar-refractivity contribution >= 4 is 0 Å². The minimum Gasteiger partial charge on any atom is -0.0561 e. The maximum absolute atomic E-state index is 3.88. The quantitative estimate of drug-likeness (QED) is 0.556. The molecular weight excluding hydrogens is 204 g/mol. The van der Waals surface area contributed by atoms with E-state index in [1.165, 1.54) is 55.2 Å². The Kier molecular flexibility index (Phi) is 6.32. The van der Waals surface area contributed by atoms with E-state index < -0.39 is 0 Å². The smallest absolute Gasteiger partial charge is 0.0276 e. The molecular formula is C17H27. The van der Waals surface area contributed by atoms with Gasteiger partial charge in [0.2, 0.25) is 0 Å². The third-order valence-electron chi connectivity index (χ3n) is 3.62. The topological polar surface area (TPSA) is 0 Å². The van der Waals surface area contributed by atoms with Crippen LogP contribution in [-0.2, 0) is 6.42 Å². The summed E-state index contributed by atoms with van der Waals surface area (Å²) in [5, 5.41) is 0. The zero-order chi connectivity index (χ0) is 12.7. The Bertz CT molecular complexity index is 336. The zero-order valence-electron chi connectivity index (χ0n) is 11.8. The van der Waals surface area contributed by atoms with Crippen molar-refractivity contribution in [3.8, 4) is 0 Å². The second kappa shape index (κ2) is 7.53. The van der Waals surface area contributed by atoms with Gasteiger partial charge in [-0.05, 0) is 50.3 Å². The average molecular weight is 231 g/mol. The third-order valence-corrected chi connectivity index (χ3v) is 3.62. The average Bonchev–Trinajstić information content (AvgIpc) is 2.29. The molecule has 0 fully saturated rings. The molecule has 0 aromatic heterocycles. The summed E-state index contributed by atoms with van der Waals surface area (Å²) in [5.41, 5.74) is 5.89. The minimum absolute atomic E-state index is 1.09. The second-order valence-corrected chi connectivity index (χ2v) is 5.24. The van der Waals surface area contributed by atoms with Crippen LogP contribution in [-0.4, -0.2) is 0 Å². The fourth-order valence-corrected chi connectivity index (χ4v) is 2.41. The van der Waals surface area contributed by atoms with E-state index in [4.69, 9.17) is 0 Å². The third kappa shape index (κ3) is 4.93. The van der Waals surface area contributed by atoms with Crippen LogP contribution in [0.5, 0.6) is 0 Å². The van der Waals surface area contributed by atoms with E-state index in [0.29, 0.717) is 0 Å². The zero-order valence-corrected chi connectivity index (χ0v) is 11.8. The molecule has 95 valence electrons. The molecule has 0 atom stereocenters.